The lowest BCUT2D eigenvalue weighted by Crippen LogP contribution is -2.12. The zero-order valence-corrected chi connectivity index (χ0v) is 14.3. The summed E-state index contributed by atoms with van der Waals surface area (Å²) in [7, 11) is 0. The summed E-state index contributed by atoms with van der Waals surface area (Å²) in [5, 5.41) is 17.7. The third kappa shape index (κ3) is 3.47. The van der Waals surface area contributed by atoms with Crippen LogP contribution in [-0.4, -0.2) is 21.9 Å². The number of rotatable bonds is 5. The molecule has 0 aliphatic heterocycles. The van der Waals surface area contributed by atoms with Crippen molar-refractivity contribution in [3.63, 3.8) is 0 Å². The third-order valence-corrected chi connectivity index (χ3v) is 4.96. The Kier molecular flexibility index (Phi) is 4.26. The summed E-state index contributed by atoms with van der Waals surface area (Å²) in [6.07, 6.45) is -2.27. The van der Waals surface area contributed by atoms with E-state index in [1.807, 2.05) is 24.3 Å². The maximum atomic E-state index is 12.7. The molecule has 140 valence electrons. The van der Waals surface area contributed by atoms with Gasteiger partial charge in [0.25, 0.3) is 0 Å². The van der Waals surface area contributed by atoms with Crippen LogP contribution < -0.4 is 0 Å². The van der Waals surface area contributed by atoms with Crippen LogP contribution in [-0.2, 0) is 18.0 Å². The van der Waals surface area contributed by atoms with E-state index in [1.54, 1.807) is 0 Å². The number of alkyl halides is 3. The molecule has 1 N–H and O–H groups in total. The first kappa shape index (κ1) is 17.7. The minimum absolute atomic E-state index is 0.0260. The topological polar surface area (TPSA) is 59.2 Å². The molecular formula is C20H17F3N2O2. The number of aliphatic hydroxyl groups excluding tert-OH is 1. The van der Waals surface area contributed by atoms with Crippen molar-refractivity contribution in [2.45, 2.75) is 30.9 Å². The average Bonchev–Trinajstić information content (AvgIpc) is 3.30. The van der Waals surface area contributed by atoms with Gasteiger partial charge in [-0.05, 0) is 48.6 Å². The average molecular weight is 374 g/mol. The van der Waals surface area contributed by atoms with Gasteiger partial charge in [-0.15, -0.1) is 10.2 Å². The molecule has 4 rings (SSSR count). The number of hydrogen-bond acceptors (Lipinski definition) is 4. The smallest absolute Gasteiger partial charge is 0.416 e. The fourth-order valence-electron chi connectivity index (χ4n) is 3.05. The third-order valence-electron chi connectivity index (χ3n) is 4.96. The fourth-order valence-corrected chi connectivity index (χ4v) is 3.05. The first-order valence-electron chi connectivity index (χ1n) is 8.61. The molecule has 1 heterocycles. The van der Waals surface area contributed by atoms with Gasteiger partial charge in [-0.2, -0.15) is 13.2 Å². The molecule has 1 saturated carbocycles. The van der Waals surface area contributed by atoms with E-state index in [1.165, 1.54) is 12.1 Å². The van der Waals surface area contributed by atoms with Crippen LogP contribution in [0.1, 0.15) is 35.4 Å². The number of benzene rings is 2. The number of hydrogen-bond donors (Lipinski definition) is 1. The Bertz CT molecular complexity index is 944. The van der Waals surface area contributed by atoms with E-state index in [0.717, 1.165) is 41.7 Å². The van der Waals surface area contributed by atoms with Crippen LogP contribution in [0.4, 0.5) is 13.2 Å². The quantitative estimate of drug-likeness (QED) is 0.720. The lowest BCUT2D eigenvalue weighted by Gasteiger charge is -2.09. The van der Waals surface area contributed by atoms with Gasteiger partial charge in [0, 0.05) is 5.56 Å². The molecule has 0 amide bonds. The van der Waals surface area contributed by atoms with Gasteiger partial charge >= 0.3 is 6.18 Å². The zero-order valence-electron chi connectivity index (χ0n) is 14.3. The Morgan fingerprint density at radius 3 is 2.33 bits per heavy atom. The SMILES string of the molecule is OCC1(c2nnc(-c3ccccc3Cc3ccc(C(F)(F)F)cc3)o2)CC1. The second-order valence-electron chi connectivity index (χ2n) is 6.88. The van der Waals surface area contributed by atoms with E-state index in [4.69, 9.17) is 4.42 Å². The van der Waals surface area contributed by atoms with E-state index in [0.29, 0.717) is 18.2 Å². The second kappa shape index (κ2) is 6.49. The monoisotopic (exact) mass is 374 g/mol. The van der Waals surface area contributed by atoms with Crippen molar-refractivity contribution in [3.05, 3.63) is 71.1 Å². The van der Waals surface area contributed by atoms with Crippen molar-refractivity contribution < 1.29 is 22.7 Å². The van der Waals surface area contributed by atoms with Crippen LogP contribution in [0.15, 0.2) is 52.9 Å². The minimum Gasteiger partial charge on any atom is -0.420 e. The van der Waals surface area contributed by atoms with Crippen molar-refractivity contribution in [2.24, 2.45) is 0 Å². The Morgan fingerprint density at radius 1 is 1.00 bits per heavy atom. The van der Waals surface area contributed by atoms with E-state index >= 15 is 0 Å². The Balaban J connectivity index is 1.60. The molecule has 2 aromatic carbocycles. The molecule has 0 bridgehead atoms. The highest BCUT2D eigenvalue weighted by Crippen LogP contribution is 2.47. The van der Waals surface area contributed by atoms with Crippen LogP contribution in [0.2, 0.25) is 0 Å². The molecule has 0 unspecified atom stereocenters. The number of aromatic nitrogens is 2. The second-order valence-corrected chi connectivity index (χ2v) is 6.88. The van der Waals surface area contributed by atoms with Gasteiger partial charge in [0.2, 0.25) is 11.8 Å². The molecule has 7 heteroatoms. The number of aliphatic hydroxyl groups is 1. The molecule has 4 nitrogen and oxygen atoms in total. The highest BCUT2D eigenvalue weighted by Gasteiger charge is 2.48. The summed E-state index contributed by atoms with van der Waals surface area (Å²) in [5.41, 5.74) is 1.29. The Morgan fingerprint density at radius 2 is 1.70 bits per heavy atom. The van der Waals surface area contributed by atoms with Crippen molar-refractivity contribution in [1.82, 2.24) is 10.2 Å². The zero-order chi connectivity index (χ0) is 19.1. The number of nitrogens with zero attached hydrogens (tertiary/aromatic N) is 2. The molecule has 1 aliphatic rings. The molecule has 1 fully saturated rings. The molecule has 1 aromatic heterocycles. The van der Waals surface area contributed by atoms with Crippen LogP contribution in [0.25, 0.3) is 11.5 Å². The van der Waals surface area contributed by atoms with Crippen LogP contribution in [0, 0.1) is 0 Å². The molecule has 0 spiro atoms. The molecule has 27 heavy (non-hydrogen) atoms. The fraction of sp³-hybridized carbons (Fsp3) is 0.300. The summed E-state index contributed by atoms with van der Waals surface area (Å²) in [4.78, 5) is 0. The lowest BCUT2D eigenvalue weighted by molar-refractivity contribution is -0.137. The maximum Gasteiger partial charge on any atom is 0.416 e. The summed E-state index contributed by atoms with van der Waals surface area (Å²) in [5.74, 6) is 0.788. The van der Waals surface area contributed by atoms with E-state index in [-0.39, 0.29) is 6.61 Å². The van der Waals surface area contributed by atoms with Gasteiger partial charge in [0.1, 0.15) is 0 Å². The highest BCUT2D eigenvalue weighted by atomic mass is 19.4. The predicted octanol–water partition coefficient (Wildman–Crippen LogP) is 4.37. The van der Waals surface area contributed by atoms with Crippen LogP contribution >= 0.6 is 0 Å². The van der Waals surface area contributed by atoms with Gasteiger partial charge < -0.3 is 9.52 Å². The summed E-state index contributed by atoms with van der Waals surface area (Å²) in [6.45, 7) is -0.0260. The van der Waals surface area contributed by atoms with Gasteiger partial charge in [-0.25, -0.2) is 0 Å². The van der Waals surface area contributed by atoms with E-state index < -0.39 is 17.2 Å². The van der Waals surface area contributed by atoms with Crippen molar-refractivity contribution in [3.8, 4) is 11.5 Å². The van der Waals surface area contributed by atoms with Gasteiger partial charge in [-0.3, -0.25) is 0 Å². The van der Waals surface area contributed by atoms with Gasteiger partial charge in [0.15, 0.2) is 0 Å². The molecule has 0 atom stereocenters. The van der Waals surface area contributed by atoms with E-state index in [9.17, 15) is 18.3 Å². The van der Waals surface area contributed by atoms with E-state index in [2.05, 4.69) is 10.2 Å². The van der Waals surface area contributed by atoms with Crippen LogP contribution in [0.5, 0.6) is 0 Å². The first-order chi connectivity index (χ1) is 12.9. The summed E-state index contributed by atoms with van der Waals surface area (Å²) >= 11 is 0. The molecule has 1 aliphatic carbocycles. The molecule has 0 saturated heterocycles. The highest BCUT2D eigenvalue weighted by molar-refractivity contribution is 5.59. The van der Waals surface area contributed by atoms with Gasteiger partial charge in [-0.1, -0.05) is 30.3 Å². The minimum atomic E-state index is -4.35. The normalized spacial score (nSPS) is 15.7. The predicted molar refractivity (Wildman–Crippen MR) is 92.0 cm³/mol. The van der Waals surface area contributed by atoms with Crippen molar-refractivity contribution in [2.75, 3.05) is 6.61 Å². The summed E-state index contributed by atoms with van der Waals surface area (Å²) in [6, 6.07) is 12.5. The molecule has 0 radical (unpaired) electrons. The maximum absolute atomic E-state index is 12.7. The summed E-state index contributed by atoms with van der Waals surface area (Å²) < 4.78 is 44.0. The van der Waals surface area contributed by atoms with Crippen molar-refractivity contribution in [1.29, 1.82) is 0 Å². The molecule has 3 aromatic rings. The lowest BCUT2D eigenvalue weighted by atomic mass is 9.99. The van der Waals surface area contributed by atoms with Crippen LogP contribution in [0.3, 0.4) is 0 Å². The number of halogens is 3. The largest absolute Gasteiger partial charge is 0.420 e. The standard InChI is InChI=1S/C20H17F3N2O2/c21-20(22,23)15-7-5-13(6-8-15)11-14-3-1-2-4-16(14)17-24-25-18(27-17)19(12-26)9-10-19/h1-8,26H,9-12H2. The van der Waals surface area contributed by atoms with Gasteiger partial charge in [0.05, 0.1) is 17.6 Å². The first-order valence-corrected chi connectivity index (χ1v) is 8.61. The Labute approximate surface area is 153 Å². The molecular weight excluding hydrogens is 357 g/mol. The van der Waals surface area contributed by atoms with Crippen molar-refractivity contribution >= 4 is 0 Å². The Hall–Kier alpha value is -2.67.